The van der Waals surface area contributed by atoms with Crippen molar-refractivity contribution < 1.29 is 55.1 Å². The Morgan fingerprint density at radius 2 is 1.26 bits per heavy atom. The molecule has 0 radical (unpaired) electrons. The third kappa shape index (κ3) is 3.65. The van der Waals surface area contributed by atoms with Gasteiger partial charge in [-0.1, -0.05) is 0 Å². The van der Waals surface area contributed by atoms with Crippen LogP contribution in [-0.2, 0) is 14.2 Å². The van der Waals surface area contributed by atoms with Crippen LogP contribution < -0.4 is 0 Å². The van der Waals surface area contributed by atoms with E-state index in [0.29, 0.717) is 0 Å². The van der Waals surface area contributed by atoms with Crippen LogP contribution in [0, 0.1) is 0 Å². The summed E-state index contributed by atoms with van der Waals surface area (Å²) in [6.07, 6.45) is -15.6. The van der Waals surface area contributed by atoms with Crippen LogP contribution in [0.5, 0.6) is 0 Å². The molecule has 0 bridgehead atoms. The van der Waals surface area contributed by atoms with Gasteiger partial charge in [-0.2, -0.15) is 0 Å². The van der Waals surface area contributed by atoms with Crippen LogP contribution in [0.15, 0.2) is 0 Å². The molecule has 2 aliphatic heterocycles. The number of hydrogen-bond donors (Lipinski definition) is 8. The van der Waals surface area contributed by atoms with Gasteiger partial charge in [0.15, 0.2) is 12.6 Å². The summed E-state index contributed by atoms with van der Waals surface area (Å²) in [5, 5.41) is 76.5. The average molecular weight is 342 g/mol. The Balaban J connectivity index is 2.11. The van der Waals surface area contributed by atoms with Crippen LogP contribution >= 0.6 is 0 Å². The molecule has 0 aromatic carbocycles. The van der Waals surface area contributed by atoms with E-state index in [-0.39, 0.29) is 0 Å². The fourth-order valence-corrected chi connectivity index (χ4v) is 2.57. The minimum Gasteiger partial charge on any atom is -0.394 e. The molecule has 2 rings (SSSR count). The Hall–Kier alpha value is -0.440. The van der Waals surface area contributed by atoms with E-state index in [1.54, 1.807) is 0 Å². The van der Waals surface area contributed by atoms with Gasteiger partial charge in [-0.15, -0.1) is 0 Å². The van der Waals surface area contributed by atoms with Gasteiger partial charge in [0.1, 0.15) is 48.8 Å². The topological polar surface area (TPSA) is 190 Å². The summed E-state index contributed by atoms with van der Waals surface area (Å²) in [7, 11) is 0. The normalized spacial score (nSPS) is 51.7. The highest BCUT2D eigenvalue weighted by Crippen LogP contribution is 2.28. The maximum Gasteiger partial charge on any atom is 0.187 e. The standard InChI is InChI=1S/C12H22O11/c13-1-3-5(15)6(16)9(19)12(22-3)23-10-4(2-14)21-11(20)8(18)7(10)17/h3-20H,1-2H2/t3-,4-,5-,6+,7-,8-,9+,10-,11?,12+/m1/s1. The van der Waals surface area contributed by atoms with Crippen LogP contribution in [0.3, 0.4) is 0 Å². The second-order valence-electron chi connectivity index (χ2n) is 5.53. The predicted octanol–water partition coefficient (Wildman–Crippen LogP) is -5.40. The highest BCUT2D eigenvalue weighted by Gasteiger charge is 2.50. The molecule has 2 saturated heterocycles. The zero-order valence-electron chi connectivity index (χ0n) is 12.0. The molecule has 2 fully saturated rings. The van der Waals surface area contributed by atoms with E-state index >= 15 is 0 Å². The van der Waals surface area contributed by atoms with Crippen molar-refractivity contribution in [3.8, 4) is 0 Å². The Bertz CT molecular complexity index is 378. The second-order valence-corrected chi connectivity index (χ2v) is 5.53. The fourth-order valence-electron chi connectivity index (χ4n) is 2.57. The maximum absolute atomic E-state index is 9.94. The molecule has 23 heavy (non-hydrogen) atoms. The van der Waals surface area contributed by atoms with Crippen molar-refractivity contribution in [1.29, 1.82) is 0 Å². The van der Waals surface area contributed by atoms with Gasteiger partial charge in [-0.05, 0) is 0 Å². The van der Waals surface area contributed by atoms with Crippen LogP contribution in [0.4, 0.5) is 0 Å². The van der Waals surface area contributed by atoms with Gasteiger partial charge in [0.2, 0.25) is 0 Å². The van der Waals surface area contributed by atoms with Crippen LogP contribution in [0.1, 0.15) is 0 Å². The zero-order chi connectivity index (χ0) is 17.3. The van der Waals surface area contributed by atoms with Gasteiger partial charge in [0.05, 0.1) is 13.2 Å². The van der Waals surface area contributed by atoms with Gasteiger partial charge in [-0.3, -0.25) is 0 Å². The van der Waals surface area contributed by atoms with Gasteiger partial charge >= 0.3 is 0 Å². The summed E-state index contributed by atoms with van der Waals surface area (Å²) in [5.74, 6) is 0. The largest absolute Gasteiger partial charge is 0.394 e. The molecule has 0 amide bonds. The molecule has 136 valence electrons. The number of aliphatic hydroxyl groups is 8. The maximum atomic E-state index is 9.94. The highest BCUT2D eigenvalue weighted by molar-refractivity contribution is 4.93. The van der Waals surface area contributed by atoms with Crippen LogP contribution in [0.25, 0.3) is 0 Å². The Morgan fingerprint density at radius 3 is 1.83 bits per heavy atom. The first-order chi connectivity index (χ1) is 10.8. The molecule has 0 spiro atoms. The summed E-state index contributed by atoms with van der Waals surface area (Å²) < 4.78 is 15.3. The SMILES string of the molecule is OC[C@H]1O[C@@H](O[C@H]2[C@H](O)[C@@H](O)C(O)O[C@@H]2CO)[C@@H](O)[C@@H](O)[C@@H]1O. The van der Waals surface area contributed by atoms with E-state index in [4.69, 9.17) is 19.3 Å². The third-order valence-corrected chi connectivity index (χ3v) is 3.98. The smallest absolute Gasteiger partial charge is 0.187 e. The lowest BCUT2D eigenvalue weighted by atomic mass is 9.97. The van der Waals surface area contributed by atoms with Gasteiger partial charge < -0.3 is 55.1 Å². The molecule has 2 aliphatic rings. The number of ether oxygens (including phenoxy) is 3. The summed E-state index contributed by atoms with van der Waals surface area (Å²) in [5.41, 5.74) is 0. The molecule has 0 saturated carbocycles. The molecular weight excluding hydrogens is 320 g/mol. The predicted molar refractivity (Wildman–Crippen MR) is 68.6 cm³/mol. The first-order valence-corrected chi connectivity index (χ1v) is 7.08. The van der Waals surface area contributed by atoms with Gasteiger partial charge in [0.25, 0.3) is 0 Å². The molecule has 2 heterocycles. The summed E-state index contributed by atoms with van der Waals surface area (Å²) in [6.45, 7) is -1.35. The minimum absolute atomic E-state index is 0.667. The van der Waals surface area contributed by atoms with E-state index in [0.717, 1.165) is 0 Å². The molecule has 0 aromatic rings. The van der Waals surface area contributed by atoms with Crippen molar-refractivity contribution in [2.45, 2.75) is 61.4 Å². The summed E-state index contributed by atoms with van der Waals surface area (Å²) in [4.78, 5) is 0. The van der Waals surface area contributed by atoms with E-state index in [2.05, 4.69) is 0 Å². The van der Waals surface area contributed by atoms with E-state index in [1.165, 1.54) is 0 Å². The number of hydrogen-bond acceptors (Lipinski definition) is 11. The van der Waals surface area contributed by atoms with Gasteiger partial charge in [0, 0.05) is 0 Å². The number of rotatable bonds is 4. The van der Waals surface area contributed by atoms with Crippen molar-refractivity contribution in [3.63, 3.8) is 0 Å². The van der Waals surface area contributed by atoms with Crippen molar-refractivity contribution >= 4 is 0 Å². The minimum atomic E-state index is -1.74. The number of aliphatic hydroxyl groups excluding tert-OH is 8. The molecule has 10 atom stereocenters. The first-order valence-electron chi connectivity index (χ1n) is 7.08. The lowest BCUT2D eigenvalue weighted by molar-refractivity contribution is -0.355. The molecule has 11 heteroatoms. The lowest BCUT2D eigenvalue weighted by Crippen LogP contribution is -2.64. The Morgan fingerprint density at radius 1 is 0.652 bits per heavy atom. The molecule has 11 nitrogen and oxygen atoms in total. The quantitative estimate of drug-likeness (QED) is 0.243. The molecular formula is C12H22O11. The molecule has 8 N–H and O–H groups in total. The Kier molecular flexibility index (Phi) is 6.27. The van der Waals surface area contributed by atoms with Crippen molar-refractivity contribution in [1.82, 2.24) is 0 Å². The zero-order valence-corrected chi connectivity index (χ0v) is 12.0. The molecule has 0 aromatic heterocycles. The summed E-state index contributed by atoms with van der Waals surface area (Å²) >= 11 is 0. The average Bonchev–Trinajstić information content (AvgIpc) is 2.55. The second kappa shape index (κ2) is 7.63. The monoisotopic (exact) mass is 342 g/mol. The van der Waals surface area contributed by atoms with E-state index < -0.39 is 74.6 Å². The highest BCUT2D eigenvalue weighted by atomic mass is 16.7. The first kappa shape index (κ1) is 18.9. The molecule has 1 unspecified atom stereocenters. The van der Waals surface area contributed by atoms with E-state index in [1.807, 2.05) is 0 Å². The van der Waals surface area contributed by atoms with Gasteiger partial charge in [-0.25, -0.2) is 0 Å². The molecule has 0 aliphatic carbocycles. The third-order valence-electron chi connectivity index (χ3n) is 3.98. The van der Waals surface area contributed by atoms with Crippen molar-refractivity contribution in [2.24, 2.45) is 0 Å². The fraction of sp³-hybridized carbons (Fsp3) is 1.00. The van der Waals surface area contributed by atoms with E-state index in [9.17, 15) is 35.7 Å². The van der Waals surface area contributed by atoms with Crippen LogP contribution in [0.2, 0.25) is 0 Å². The van der Waals surface area contributed by atoms with Crippen molar-refractivity contribution in [3.05, 3.63) is 0 Å². The Labute approximate surface area is 130 Å². The lowest BCUT2D eigenvalue weighted by Gasteiger charge is -2.45. The van der Waals surface area contributed by atoms with Crippen molar-refractivity contribution in [2.75, 3.05) is 13.2 Å². The summed E-state index contributed by atoms with van der Waals surface area (Å²) in [6, 6.07) is 0. The van der Waals surface area contributed by atoms with Crippen LogP contribution in [-0.4, -0.2) is 115 Å².